The summed E-state index contributed by atoms with van der Waals surface area (Å²) in [6.07, 6.45) is 2.28. The van der Waals surface area contributed by atoms with E-state index >= 15 is 0 Å². The molecule has 0 unspecified atom stereocenters. The van der Waals surface area contributed by atoms with Gasteiger partial charge in [0.2, 0.25) is 11.8 Å². The Balaban J connectivity index is 2.28. The number of benzene rings is 1. The summed E-state index contributed by atoms with van der Waals surface area (Å²) in [6.45, 7) is 6.81. The molecule has 21 heavy (non-hydrogen) atoms. The lowest BCUT2D eigenvalue weighted by molar-refractivity contribution is 0.304. The number of nitrogens with zero attached hydrogens (tertiary/aromatic N) is 2. The van der Waals surface area contributed by atoms with Crippen LogP contribution < -0.4 is 15.2 Å². The molecule has 0 spiro atoms. The van der Waals surface area contributed by atoms with E-state index in [0.717, 1.165) is 17.7 Å². The zero-order chi connectivity index (χ0) is 15.2. The Bertz CT molecular complexity index is 600. The van der Waals surface area contributed by atoms with Gasteiger partial charge in [-0.2, -0.15) is 9.97 Å². The second-order valence-electron chi connectivity index (χ2n) is 5.04. The first-order valence-electron chi connectivity index (χ1n) is 7.13. The van der Waals surface area contributed by atoms with Crippen LogP contribution in [0.15, 0.2) is 30.6 Å². The highest BCUT2D eigenvalue weighted by molar-refractivity contribution is 5.57. The van der Waals surface area contributed by atoms with Crippen molar-refractivity contribution in [1.29, 1.82) is 0 Å². The molecule has 0 bridgehead atoms. The van der Waals surface area contributed by atoms with E-state index in [0.29, 0.717) is 30.0 Å². The van der Waals surface area contributed by atoms with Crippen LogP contribution in [0.3, 0.4) is 0 Å². The van der Waals surface area contributed by atoms with E-state index in [1.165, 1.54) is 6.33 Å². The summed E-state index contributed by atoms with van der Waals surface area (Å²) in [4.78, 5) is 8.14. The van der Waals surface area contributed by atoms with Crippen LogP contribution in [0.25, 0.3) is 0 Å². The van der Waals surface area contributed by atoms with Gasteiger partial charge in [0.25, 0.3) is 0 Å². The average Bonchev–Trinajstić information content (AvgIpc) is 2.48. The fraction of sp³-hybridized carbons (Fsp3) is 0.375. The van der Waals surface area contributed by atoms with Crippen LogP contribution in [0.1, 0.15) is 38.7 Å². The number of ether oxygens (including phenoxy) is 2. The van der Waals surface area contributed by atoms with Gasteiger partial charge in [-0.1, -0.05) is 39.0 Å². The second kappa shape index (κ2) is 6.92. The molecule has 1 aromatic carbocycles. The number of aromatic nitrogens is 2. The van der Waals surface area contributed by atoms with Gasteiger partial charge < -0.3 is 15.2 Å². The number of hydrogen-bond acceptors (Lipinski definition) is 5. The molecule has 5 heteroatoms. The van der Waals surface area contributed by atoms with Crippen LogP contribution in [-0.4, -0.2) is 16.6 Å². The molecule has 2 N–H and O–H groups in total. The topological polar surface area (TPSA) is 70.3 Å². The number of rotatable bonds is 6. The van der Waals surface area contributed by atoms with Gasteiger partial charge in [0.05, 0.1) is 6.61 Å². The monoisotopic (exact) mass is 287 g/mol. The molecule has 0 radical (unpaired) electrons. The lowest BCUT2D eigenvalue weighted by atomic mass is 10.0. The highest BCUT2D eigenvalue weighted by Gasteiger charge is 2.14. The first-order chi connectivity index (χ1) is 10.1. The van der Waals surface area contributed by atoms with Gasteiger partial charge in [-0.15, -0.1) is 0 Å². The number of anilines is 1. The van der Waals surface area contributed by atoms with Gasteiger partial charge in [-0.3, -0.25) is 0 Å². The molecule has 0 aliphatic heterocycles. The van der Waals surface area contributed by atoms with Gasteiger partial charge >= 0.3 is 0 Å². The molecule has 112 valence electrons. The summed E-state index contributed by atoms with van der Waals surface area (Å²) in [7, 11) is 0. The zero-order valence-electron chi connectivity index (χ0n) is 12.7. The van der Waals surface area contributed by atoms with Crippen molar-refractivity contribution < 1.29 is 9.47 Å². The van der Waals surface area contributed by atoms with E-state index < -0.39 is 0 Å². The third-order valence-electron chi connectivity index (χ3n) is 3.00. The Morgan fingerprint density at radius 2 is 1.86 bits per heavy atom. The quantitative estimate of drug-likeness (QED) is 0.875. The summed E-state index contributed by atoms with van der Waals surface area (Å²) in [6, 6.07) is 7.85. The van der Waals surface area contributed by atoms with Gasteiger partial charge in [-0.05, 0) is 24.0 Å². The molecule has 0 amide bonds. The number of para-hydroxylation sites is 1. The van der Waals surface area contributed by atoms with E-state index in [1.54, 1.807) is 0 Å². The molecule has 5 nitrogen and oxygen atoms in total. The molecule has 2 rings (SSSR count). The Morgan fingerprint density at radius 1 is 1.14 bits per heavy atom. The Labute approximate surface area is 125 Å². The molecule has 0 saturated carbocycles. The third kappa shape index (κ3) is 3.62. The van der Waals surface area contributed by atoms with E-state index in [1.807, 2.05) is 31.2 Å². The van der Waals surface area contributed by atoms with Crippen LogP contribution in [0.4, 0.5) is 5.69 Å². The molecule has 0 fully saturated rings. The number of nitrogens with two attached hydrogens (primary N) is 1. The van der Waals surface area contributed by atoms with Gasteiger partial charge in [0.1, 0.15) is 12.1 Å². The first-order valence-corrected chi connectivity index (χ1v) is 7.13. The first kappa shape index (κ1) is 15.1. The van der Waals surface area contributed by atoms with Gasteiger partial charge in [-0.25, -0.2) is 0 Å². The SMILES string of the molecule is CCCOc1ncnc(Oc2ccccc2C(C)C)c1N. The molecule has 0 saturated heterocycles. The molecular weight excluding hydrogens is 266 g/mol. The van der Waals surface area contributed by atoms with Crippen molar-refractivity contribution in [2.75, 3.05) is 12.3 Å². The highest BCUT2D eigenvalue weighted by Crippen LogP contribution is 2.34. The molecular formula is C16H21N3O2. The smallest absolute Gasteiger partial charge is 0.249 e. The minimum atomic E-state index is 0.323. The summed E-state index contributed by atoms with van der Waals surface area (Å²) in [5, 5.41) is 0. The normalized spacial score (nSPS) is 10.7. The van der Waals surface area contributed by atoms with E-state index in [-0.39, 0.29) is 0 Å². The van der Waals surface area contributed by atoms with Crippen molar-refractivity contribution in [3.05, 3.63) is 36.2 Å². The molecule has 1 heterocycles. The zero-order valence-corrected chi connectivity index (χ0v) is 12.7. The fourth-order valence-corrected chi connectivity index (χ4v) is 1.91. The average molecular weight is 287 g/mol. The third-order valence-corrected chi connectivity index (χ3v) is 3.00. The molecule has 0 aliphatic carbocycles. The van der Waals surface area contributed by atoms with Crippen LogP contribution in [-0.2, 0) is 0 Å². The van der Waals surface area contributed by atoms with E-state index in [2.05, 4.69) is 23.8 Å². The lowest BCUT2D eigenvalue weighted by Crippen LogP contribution is -2.04. The molecule has 1 aromatic heterocycles. The van der Waals surface area contributed by atoms with Crippen molar-refractivity contribution in [3.63, 3.8) is 0 Å². The Morgan fingerprint density at radius 3 is 2.57 bits per heavy atom. The summed E-state index contributed by atoms with van der Waals surface area (Å²) >= 11 is 0. The van der Waals surface area contributed by atoms with E-state index in [9.17, 15) is 0 Å². The minimum absolute atomic E-state index is 0.323. The van der Waals surface area contributed by atoms with Crippen molar-refractivity contribution in [3.8, 4) is 17.5 Å². The molecule has 0 aliphatic rings. The van der Waals surface area contributed by atoms with Crippen molar-refractivity contribution in [2.24, 2.45) is 0 Å². The van der Waals surface area contributed by atoms with Crippen LogP contribution in [0, 0.1) is 0 Å². The van der Waals surface area contributed by atoms with Crippen LogP contribution in [0.5, 0.6) is 17.5 Å². The molecule has 2 aromatic rings. The maximum Gasteiger partial charge on any atom is 0.249 e. The van der Waals surface area contributed by atoms with Crippen molar-refractivity contribution >= 4 is 5.69 Å². The summed E-state index contributed by atoms with van der Waals surface area (Å²) < 4.78 is 11.4. The predicted molar refractivity (Wildman–Crippen MR) is 82.8 cm³/mol. The second-order valence-corrected chi connectivity index (χ2v) is 5.04. The van der Waals surface area contributed by atoms with E-state index in [4.69, 9.17) is 15.2 Å². The lowest BCUT2D eigenvalue weighted by Gasteiger charge is -2.14. The summed E-state index contributed by atoms with van der Waals surface area (Å²) in [5.41, 5.74) is 7.45. The number of nitrogen functional groups attached to an aromatic ring is 1. The Hall–Kier alpha value is -2.30. The summed E-state index contributed by atoms with van der Waals surface area (Å²) in [5.74, 6) is 1.78. The minimum Gasteiger partial charge on any atom is -0.476 e. The predicted octanol–water partition coefficient (Wildman–Crippen LogP) is 3.76. The van der Waals surface area contributed by atoms with Crippen LogP contribution >= 0.6 is 0 Å². The maximum atomic E-state index is 6.02. The van der Waals surface area contributed by atoms with Crippen LogP contribution in [0.2, 0.25) is 0 Å². The van der Waals surface area contributed by atoms with Crippen molar-refractivity contribution in [2.45, 2.75) is 33.1 Å². The highest BCUT2D eigenvalue weighted by atomic mass is 16.5. The maximum absolute atomic E-state index is 6.02. The standard InChI is InChI=1S/C16H21N3O2/c1-4-9-20-15-14(17)16(19-10-18-15)21-13-8-6-5-7-12(13)11(2)3/h5-8,10-11H,4,9,17H2,1-3H3. The van der Waals surface area contributed by atoms with Gasteiger partial charge in [0, 0.05) is 0 Å². The largest absolute Gasteiger partial charge is 0.476 e. The number of hydrogen-bond donors (Lipinski definition) is 1. The van der Waals surface area contributed by atoms with Crippen molar-refractivity contribution in [1.82, 2.24) is 9.97 Å². The fourth-order valence-electron chi connectivity index (χ4n) is 1.91. The van der Waals surface area contributed by atoms with Gasteiger partial charge in [0.15, 0.2) is 5.69 Å². The molecule has 0 atom stereocenters. The Kier molecular flexibility index (Phi) is 4.98.